The van der Waals surface area contributed by atoms with E-state index < -0.39 is 0 Å². The van der Waals surface area contributed by atoms with Crippen LogP contribution in [0.3, 0.4) is 0 Å². The summed E-state index contributed by atoms with van der Waals surface area (Å²) in [5.74, 6) is 0.0957. The molecule has 0 radical (unpaired) electrons. The molecular weight excluding hydrogens is 304 g/mol. The van der Waals surface area contributed by atoms with E-state index >= 15 is 0 Å². The number of anilines is 1. The topological polar surface area (TPSA) is 69.0 Å². The monoisotopic (exact) mass is 322 g/mol. The van der Waals surface area contributed by atoms with E-state index in [0.29, 0.717) is 24.6 Å². The number of carbonyl (C=O) groups is 1. The normalized spacial score (nSPS) is 10.4. The summed E-state index contributed by atoms with van der Waals surface area (Å²) in [4.78, 5) is 20.6. The smallest absolute Gasteiger partial charge is 0.261 e. The minimum atomic E-state index is -0.244. The lowest BCUT2D eigenvalue weighted by atomic mass is 10.2. The highest BCUT2D eigenvalue weighted by molar-refractivity contribution is 6.05. The van der Waals surface area contributed by atoms with E-state index in [0.717, 1.165) is 11.3 Å². The van der Waals surface area contributed by atoms with Crippen molar-refractivity contribution in [2.75, 3.05) is 11.9 Å². The molecule has 0 atom stereocenters. The molecule has 0 bridgehead atoms. The van der Waals surface area contributed by atoms with Gasteiger partial charge in [-0.15, -0.1) is 0 Å². The molecule has 0 aliphatic carbocycles. The molecular formula is C18H18N4O2. The average molecular weight is 322 g/mol. The van der Waals surface area contributed by atoms with Gasteiger partial charge in [0.1, 0.15) is 5.56 Å². The van der Waals surface area contributed by atoms with Crippen molar-refractivity contribution in [1.29, 1.82) is 0 Å². The van der Waals surface area contributed by atoms with Crippen molar-refractivity contribution in [2.45, 2.75) is 13.5 Å². The van der Waals surface area contributed by atoms with Crippen LogP contribution < -0.4 is 10.1 Å². The van der Waals surface area contributed by atoms with Gasteiger partial charge >= 0.3 is 0 Å². The molecule has 0 fully saturated rings. The van der Waals surface area contributed by atoms with Gasteiger partial charge in [-0.05, 0) is 36.8 Å². The number of nitrogens with one attached hydrogen (secondary N) is 1. The number of hydrogen-bond donors (Lipinski definition) is 1. The summed E-state index contributed by atoms with van der Waals surface area (Å²) in [6.45, 7) is 3.01. The molecule has 1 N–H and O–H groups in total. The SMILES string of the molecule is CCOc1ncccc1C(=O)Nc1cccc(Cn2ccnc2)c1. The summed E-state index contributed by atoms with van der Waals surface area (Å²) in [5.41, 5.74) is 2.21. The Morgan fingerprint density at radius 2 is 2.17 bits per heavy atom. The van der Waals surface area contributed by atoms with Gasteiger partial charge < -0.3 is 14.6 Å². The van der Waals surface area contributed by atoms with Gasteiger partial charge in [0.25, 0.3) is 5.91 Å². The second-order valence-corrected chi connectivity index (χ2v) is 5.18. The Balaban J connectivity index is 1.75. The fourth-order valence-corrected chi connectivity index (χ4v) is 2.35. The van der Waals surface area contributed by atoms with Crippen LogP contribution in [0.15, 0.2) is 61.3 Å². The maximum absolute atomic E-state index is 12.5. The number of benzene rings is 1. The Kier molecular flexibility index (Phi) is 4.86. The maximum Gasteiger partial charge on any atom is 0.261 e. The molecule has 2 heterocycles. The van der Waals surface area contributed by atoms with Gasteiger partial charge in [0.2, 0.25) is 5.88 Å². The summed E-state index contributed by atoms with van der Waals surface area (Å²) in [6, 6.07) is 11.1. The van der Waals surface area contributed by atoms with Crippen LogP contribution in [0.1, 0.15) is 22.8 Å². The third-order valence-corrected chi connectivity index (χ3v) is 3.41. The van der Waals surface area contributed by atoms with E-state index in [-0.39, 0.29) is 5.91 Å². The van der Waals surface area contributed by atoms with Crippen molar-refractivity contribution < 1.29 is 9.53 Å². The molecule has 6 nitrogen and oxygen atoms in total. The number of nitrogens with zero attached hydrogens (tertiary/aromatic N) is 3. The number of pyridine rings is 1. The summed E-state index contributed by atoms with van der Waals surface area (Å²) in [6.07, 6.45) is 7.00. The van der Waals surface area contributed by atoms with Gasteiger partial charge in [-0.25, -0.2) is 9.97 Å². The van der Waals surface area contributed by atoms with E-state index in [1.807, 2.05) is 42.0 Å². The number of imidazole rings is 1. The van der Waals surface area contributed by atoms with E-state index in [2.05, 4.69) is 15.3 Å². The fraction of sp³-hybridized carbons (Fsp3) is 0.167. The van der Waals surface area contributed by atoms with Crippen molar-refractivity contribution >= 4 is 11.6 Å². The lowest BCUT2D eigenvalue weighted by molar-refractivity contribution is 0.102. The predicted molar refractivity (Wildman–Crippen MR) is 91.1 cm³/mol. The van der Waals surface area contributed by atoms with Gasteiger partial charge in [-0.3, -0.25) is 4.79 Å². The molecule has 0 unspecified atom stereocenters. The number of hydrogen-bond acceptors (Lipinski definition) is 4. The third-order valence-electron chi connectivity index (χ3n) is 3.41. The van der Waals surface area contributed by atoms with Crippen LogP contribution in [0.25, 0.3) is 0 Å². The van der Waals surface area contributed by atoms with Crippen LogP contribution in [0, 0.1) is 0 Å². The van der Waals surface area contributed by atoms with Gasteiger partial charge in [-0.2, -0.15) is 0 Å². The van der Waals surface area contributed by atoms with Crippen molar-refractivity contribution in [3.05, 3.63) is 72.4 Å². The molecule has 0 aliphatic rings. The van der Waals surface area contributed by atoms with E-state index in [1.165, 1.54) is 0 Å². The average Bonchev–Trinajstić information content (AvgIpc) is 3.09. The standard InChI is InChI=1S/C18H18N4O2/c1-2-24-18-16(7-4-8-20-18)17(23)21-15-6-3-5-14(11-15)12-22-10-9-19-13-22/h3-11,13H,2,12H2,1H3,(H,21,23). The lowest BCUT2D eigenvalue weighted by Crippen LogP contribution is -2.14. The van der Waals surface area contributed by atoms with Crippen LogP contribution in [0.2, 0.25) is 0 Å². The molecule has 0 saturated heterocycles. The zero-order valence-corrected chi connectivity index (χ0v) is 13.3. The first-order valence-electron chi connectivity index (χ1n) is 7.70. The minimum absolute atomic E-state index is 0.244. The van der Waals surface area contributed by atoms with Crippen LogP contribution >= 0.6 is 0 Å². The number of aromatic nitrogens is 3. The van der Waals surface area contributed by atoms with Crippen molar-refractivity contribution in [2.24, 2.45) is 0 Å². The molecule has 1 amide bonds. The molecule has 0 saturated carbocycles. The van der Waals surface area contributed by atoms with Crippen molar-refractivity contribution in [3.63, 3.8) is 0 Å². The molecule has 3 rings (SSSR count). The lowest BCUT2D eigenvalue weighted by Gasteiger charge is -2.10. The zero-order chi connectivity index (χ0) is 16.8. The number of ether oxygens (including phenoxy) is 1. The summed E-state index contributed by atoms with van der Waals surface area (Å²) < 4.78 is 7.37. The Hall–Kier alpha value is -3.15. The summed E-state index contributed by atoms with van der Waals surface area (Å²) >= 11 is 0. The molecule has 122 valence electrons. The Bertz CT molecular complexity index is 815. The molecule has 24 heavy (non-hydrogen) atoms. The van der Waals surface area contributed by atoms with Gasteiger partial charge in [0.05, 0.1) is 12.9 Å². The zero-order valence-electron chi connectivity index (χ0n) is 13.3. The van der Waals surface area contributed by atoms with Crippen LogP contribution in [-0.2, 0) is 6.54 Å². The second kappa shape index (κ2) is 7.41. The number of carbonyl (C=O) groups excluding carboxylic acids is 1. The molecule has 0 spiro atoms. The number of amides is 1. The van der Waals surface area contributed by atoms with E-state index in [9.17, 15) is 4.79 Å². The predicted octanol–water partition coefficient (Wildman–Crippen LogP) is 2.98. The first kappa shape index (κ1) is 15.7. The van der Waals surface area contributed by atoms with Crippen molar-refractivity contribution in [1.82, 2.24) is 14.5 Å². The van der Waals surface area contributed by atoms with Crippen molar-refractivity contribution in [3.8, 4) is 5.88 Å². The van der Waals surface area contributed by atoms with Gasteiger partial charge in [-0.1, -0.05) is 12.1 Å². The minimum Gasteiger partial charge on any atom is -0.477 e. The maximum atomic E-state index is 12.5. The highest BCUT2D eigenvalue weighted by Crippen LogP contribution is 2.18. The van der Waals surface area contributed by atoms with Gasteiger partial charge in [0.15, 0.2) is 0 Å². The highest BCUT2D eigenvalue weighted by Gasteiger charge is 2.13. The Labute approximate surface area is 140 Å². The van der Waals surface area contributed by atoms with Crippen LogP contribution in [-0.4, -0.2) is 27.0 Å². The largest absolute Gasteiger partial charge is 0.477 e. The Morgan fingerprint density at radius 1 is 1.25 bits per heavy atom. The second-order valence-electron chi connectivity index (χ2n) is 5.18. The molecule has 6 heteroatoms. The highest BCUT2D eigenvalue weighted by atomic mass is 16.5. The summed E-state index contributed by atoms with van der Waals surface area (Å²) in [5, 5.41) is 2.89. The third kappa shape index (κ3) is 3.78. The number of rotatable bonds is 6. The molecule has 0 aliphatic heterocycles. The first-order chi connectivity index (χ1) is 11.8. The fourth-order valence-electron chi connectivity index (χ4n) is 2.35. The molecule has 3 aromatic rings. The van der Waals surface area contributed by atoms with E-state index in [4.69, 9.17) is 4.74 Å². The first-order valence-corrected chi connectivity index (χ1v) is 7.70. The molecule has 2 aromatic heterocycles. The van der Waals surface area contributed by atoms with Gasteiger partial charge in [0, 0.05) is 30.8 Å². The van der Waals surface area contributed by atoms with Crippen LogP contribution in [0.5, 0.6) is 5.88 Å². The Morgan fingerprint density at radius 3 is 2.96 bits per heavy atom. The molecule has 1 aromatic carbocycles. The quantitative estimate of drug-likeness (QED) is 0.757. The van der Waals surface area contributed by atoms with E-state index in [1.54, 1.807) is 30.9 Å². The summed E-state index contributed by atoms with van der Waals surface area (Å²) in [7, 11) is 0. The van der Waals surface area contributed by atoms with Crippen LogP contribution in [0.4, 0.5) is 5.69 Å².